The molecule has 1 atom stereocenters. The zero-order chi connectivity index (χ0) is 15.7. The van der Waals surface area contributed by atoms with Crippen LogP contribution in [0.3, 0.4) is 0 Å². The van der Waals surface area contributed by atoms with Gasteiger partial charge in [0.2, 0.25) is 5.91 Å². The van der Waals surface area contributed by atoms with E-state index >= 15 is 0 Å². The SMILES string of the molecule is Cc1cc(C(=O)C2C(=O)CCNC2=O)c([N+](=O)[O-])cc1Cl. The number of piperidine rings is 1. The van der Waals surface area contributed by atoms with Crippen LogP contribution in [0.15, 0.2) is 12.1 Å². The number of nitro benzene ring substituents is 1. The lowest BCUT2D eigenvalue weighted by molar-refractivity contribution is -0.385. The Balaban J connectivity index is 2.52. The number of nitrogens with one attached hydrogen (secondary N) is 1. The number of nitrogens with zero attached hydrogens (tertiary/aromatic N) is 1. The fourth-order valence-electron chi connectivity index (χ4n) is 2.14. The molecule has 2 rings (SSSR count). The molecule has 1 unspecified atom stereocenters. The van der Waals surface area contributed by atoms with E-state index in [-0.39, 0.29) is 23.6 Å². The van der Waals surface area contributed by atoms with E-state index < -0.39 is 34.0 Å². The van der Waals surface area contributed by atoms with Crippen LogP contribution in [0, 0.1) is 23.0 Å². The van der Waals surface area contributed by atoms with Gasteiger partial charge in [-0.05, 0) is 18.6 Å². The number of hydrogen-bond acceptors (Lipinski definition) is 5. The number of hydrogen-bond donors (Lipinski definition) is 1. The molecule has 1 fully saturated rings. The molecule has 0 aliphatic carbocycles. The molecule has 1 heterocycles. The van der Waals surface area contributed by atoms with E-state index in [4.69, 9.17) is 11.6 Å². The molecule has 7 nitrogen and oxygen atoms in total. The lowest BCUT2D eigenvalue weighted by atomic mass is 9.88. The summed E-state index contributed by atoms with van der Waals surface area (Å²) < 4.78 is 0. The number of rotatable bonds is 3. The predicted molar refractivity (Wildman–Crippen MR) is 73.3 cm³/mol. The van der Waals surface area contributed by atoms with Crippen LogP contribution in [0.1, 0.15) is 22.3 Å². The zero-order valence-electron chi connectivity index (χ0n) is 11.0. The minimum absolute atomic E-state index is 0.0303. The van der Waals surface area contributed by atoms with Crippen molar-refractivity contribution in [1.82, 2.24) is 5.32 Å². The van der Waals surface area contributed by atoms with Gasteiger partial charge in [-0.1, -0.05) is 11.6 Å². The van der Waals surface area contributed by atoms with Crippen molar-refractivity contribution in [3.63, 3.8) is 0 Å². The van der Waals surface area contributed by atoms with Crippen molar-refractivity contribution >= 4 is 34.8 Å². The van der Waals surface area contributed by atoms with Crippen LogP contribution in [-0.2, 0) is 9.59 Å². The lowest BCUT2D eigenvalue weighted by Crippen LogP contribution is -2.46. The molecule has 1 saturated heterocycles. The highest BCUT2D eigenvalue weighted by molar-refractivity contribution is 6.32. The van der Waals surface area contributed by atoms with Gasteiger partial charge >= 0.3 is 0 Å². The summed E-state index contributed by atoms with van der Waals surface area (Å²) in [5.41, 5.74) is -0.339. The Morgan fingerprint density at radius 1 is 1.43 bits per heavy atom. The topological polar surface area (TPSA) is 106 Å². The summed E-state index contributed by atoms with van der Waals surface area (Å²) in [6.45, 7) is 1.74. The van der Waals surface area contributed by atoms with Gasteiger partial charge in [0.15, 0.2) is 17.5 Å². The molecule has 21 heavy (non-hydrogen) atoms. The lowest BCUT2D eigenvalue weighted by Gasteiger charge is -2.19. The monoisotopic (exact) mass is 310 g/mol. The van der Waals surface area contributed by atoms with Crippen LogP contribution in [-0.4, -0.2) is 28.9 Å². The molecule has 110 valence electrons. The summed E-state index contributed by atoms with van der Waals surface area (Å²) >= 11 is 5.82. The van der Waals surface area contributed by atoms with Crippen molar-refractivity contribution in [2.45, 2.75) is 13.3 Å². The van der Waals surface area contributed by atoms with E-state index in [0.29, 0.717) is 5.56 Å². The van der Waals surface area contributed by atoms with Gasteiger partial charge in [0, 0.05) is 19.0 Å². The maximum Gasteiger partial charge on any atom is 0.281 e. The summed E-state index contributed by atoms with van der Waals surface area (Å²) in [7, 11) is 0. The van der Waals surface area contributed by atoms with Crippen molar-refractivity contribution in [3.8, 4) is 0 Å². The Morgan fingerprint density at radius 2 is 2.10 bits per heavy atom. The largest absolute Gasteiger partial charge is 0.355 e. The normalized spacial score (nSPS) is 18.3. The van der Waals surface area contributed by atoms with E-state index in [9.17, 15) is 24.5 Å². The van der Waals surface area contributed by atoms with Gasteiger partial charge in [-0.3, -0.25) is 24.5 Å². The maximum atomic E-state index is 12.4. The minimum atomic E-state index is -1.53. The van der Waals surface area contributed by atoms with Gasteiger partial charge in [-0.25, -0.2) is 0 Å². The molecular formula is C13H11ClN2O5. The third-order valence-corrected chi connectivity index (χ3v) is 3.66. The molecule has 1 aromatic rings. The van der Waals surface area contributed by atoms with E-state index in [1.165, 1.54) is 6.07 Å². The highest BCUT2D eigenvalue weighted by Gasteiger charge is 2.39. The smallest absolute Gasteiger partial charge is 0.281 e. The van der Waals surface area contributed by atoms with Crippen molar-refractivity contribution in [2.24, 2.45) is 5.92 Å². The first-order valence-electron chi connectivity index (χ1n) is 6.12. The van der Waals surface area contributed by atoms with Gasteiger partial charge in [-0.2, -0.15) is 0 Å². The second-order valence-corrected chi connectivity index (χ2v) is 5.09. The number of Topliss-reactive ketones (excluding diaryl/α,β-unsaturated/α-hetero) is 2. The van der Waals surface area contributed by atoms with Crippen molar-refractivity contribution in [3.05, 3.63) is 38.4 Å². The summed E-state index contributed by atoms with van der Waals surface area (Å²) in [6, 6.07) is 2.29. The number of benzene rings is 1. The third-order valence-electron chi connectivity index (χ3n) is 3.26. The van der Waals surface area contributed by atoms with E-state index in [1.54, 1.807) is 6.92 Å². The number of amides is 1. The number of halogens is 1. The summed E-state index contributed by atoms with van der Waals surface area (Å²) in [5, 5.41) is 13.6. The number of carbonyl (C=O) groups is 3. The third kappa shape index (κ3) is 2.78. The first-order chi connectivity index (χ1) is 9.82. The van der Waals surface area contributed by atoms with Crippen molar-refractivity contribution in [1.29, 1.82) is 0 Å². The summed E-state index contributed by atoms with van der Waals surface area (Å²) in [6.07, 6.45) is 0.0303. The standard InChI is InChI=1S/C13H11ClN2O5/c1-6-4-7(9(16(20)21)5-8(6)14)12(18)11-10(17)2-3-15-13(11)19/h4-5,11H,2-3H2,1H3,(H,15,19). The maximum absolute atomic E-state index is 12.4. The minimum Gasteiger partial charge on any atom is -0.355 e. The predicted octanol–water partition coefficient (Wildman–Crippen LogP) is 1.44. The van der Waals surface area contributed by atoms with Crippen LogP contribution in [0.5, 0.6) is 0 Å². The van der Waals surface area contributed by atoms with Crippen LogP contribution < -0.4 is 5.32 Å². The van der Waals surface area contributed by atoms with Gasteiger partial charge in [0.25, 0.3) is 5.69 Å². The van der Waals surface area contributed by atoms with E-state index in [2.05, 4.69) is 5.32 Å². The molecule has 0 aromatic heterocycles. The molecule has 0 spiro atoms. The number of carbonyl (C=O) groups excluding carboxylic acids is 3. The van der Waals surface area contributed by atoms with Crippen LogP contribution in [0.25, 0.3) is 0 Å². The number of aryl methyl sites for hydroxylation is 1. The highest BCUT2D eigenvalue weighted by Crippen LogP contribution is 2.29. The Labute approximate surface area is 124 Å². The molecule has 1 aliphatic heterocycles. The molecule has 1 amide bonds. The quantitative estimate of drug-likeness (QED) is 0.393. The fraction of sp³-hybridized carbons (Fsp3) is 0.308. The molecule has 1 N–H and O–H groups in total. The first kappa shape index (κ1) is 15.1. The summed E-state index contributed by atoms with van der Waals surface area (Å²) in [5.74, 6) is -3.66. The van der Waals surface area contributed by atoms with Crippen LogP contribution in [0.2, 0.25) is 5.02 Å². The second kappa shape index (κ2) is 5.61. The Hall–Kier alpha value is -2.28. The van der Waals surface area contributed by atoms with Gasteiger partial charge < -0.3 is 5.32 Å². The average molecular weight is 311 g/mol. The number of nitro groups is 1. The molecule has 0 radical (unpaired) electrons. The molecular weight excluding hydrogens is 300 g/mol. The molecule has 8 heteroatoms. The van der Waals surface area contributed by atoms with Gasteiger partial charge in [-0.15, -0.1) is 0 Å². The summed E-state index contributed by atoms with van der Waals surface area (Å²) in [4.78, 5) is 46.1. The number of ketones is 2. The first-order valence-corrected chi connectivity index (χ1v) is 6.50. The molecule has 0 bridgehead atoms. The highest BCUT2D eigenvalue weighted by atomic mass is 35.5. The van der Waals surface area contributed by atoms with Gasteiger partial charge in [0.05, 0.1) is 15.5 Å². The zero-order valence-corrected chi connectivity index (χ0v) is 11.8. The van der Waals surface area contributed by atoms with Crippen LogP contribution in [0.4, 0.5) is 5.69 Å². The molecule has 1 aliphatic rings. The fourth-order valence-corrected chi connectivity index (χ4v) is 2.30. The Kier molecular flexibility index (Phi) is 4.04. The Bertz CT molecular complexity index is 655. The average Bonchev–Trinajstić information content (AvgIpc) is 2.40. The van der Waals surface area contributed by atoms with Crippen molar-refractivity contribution < 1.29 is 19.3 Å². The molecule has 1 aromatic carbocycles. The van der Waals surface area contributed by atoms with Crippen molar-refractivity contribution in [2.75, 3.05) is 6.54 Å². The van der Waals surface area contributed by atoms with E-state index in [0.717, 1.165) is 6.07 Å². The molecule has 0 saturated carbocycles. The van der Waals surface area contributed by atoms with E-state index in [1.807, 2.05) is 0 Å². The van der Waals surface area contributed by atoms with Gasteiger partial charge in [0.1, 0.15) is 0 Å². The Morgan fingerprint density at radius 3 is 2.67 bits per heavy atom. The van der Waals surface area contributed by atoms with Crippen LogP contribution >= 0.6 is 11.6 Å². The second-order valence-electron chi connectivity index (χ2n) is 4.68.